The van der Waals surface area contributed by atoms with E-state index in [1.165, 1.54) is 5.69 Å². The van der Waals surface area contributed by atoms with Crippen molar-refractivity contribution in [2.75, 3.05) is 20.3 Å². The van der Waals surface area contributed by atoms with E-state index in [-0.39, 0.29) is 12.6 Å². The van der Waals surface area contributed by atoms with E-state index < -0.39 is 0 Å². The highest BCUT2D eigenvalue weighted by Gasteiger charge is 2.21. The second-order valence-electron chi connectivity index (χ2n) is 6.73. The lowest BCUT2D eigenvalue weighted by atomic mass is 10.0. The van der Waals surface area contributed by atoms with Crippen LogP contribution < -0.4 is 10.1 Å². The van der Waals surface area contributed by atoms with E-state index in [4.69, 9.17) is 9.84 Å². The summed E-state index contributed by atoms with van der Waals surface area (Å²) in [7, 11) is 1.66. The van der Waals surface area contributed by atoms with Gasteiger partial charge in [-0.3, -0.25) is 4.68 Å². The fourth-order valence-electron chi connectivity index (χ4n) is 3.65. The highest BCUT2D eigenvalue weighted by Crippen LogP contribution is 2.29. The highest BCUT2D eigenvalue weighted by atomic mass is 16.5. The van der Waals surface area contributed by atoms with Crippen molar-refractivity contribution in [1.29, 1.82) is 0 Å². The molecule has 0 aliphatic carbocycles. The quantitative estimate of drug-likeness (QED) is 0.699. The Morgan fingerprint density at radius 3 is 2.93 bits per heavy atom. The molecule has 7 heteroatoms. The molecule has 0 saturated heterocycles. The van der Waals surface area contributed by atoms with Gasteiger partial charge in [0.2, 0.25) is 0 Å². The molecule has 3 heterocycles. The topological polar surface area (TPSA) is 77.1 Å². The predicted octanol–water partition coefficient (Wildman–Crippen LogP) is 2.22. The Balaban J connectivity index is 1.70. The molecule has 2 aromatic heterocycles. The van der Waals surface area contributed by atoms with Gasteiger partial charge in [-0.2, -0.15) is 5.10 Å². The van der Waals surface area contributed by atoms with Crippen LogP contribution in [0, 0.1) is 0 Å². The summed E-state index contributed by atoms with van der Waals surface area (Å²) in [5, 5.41) is 17.8. The van der Waals surface area contributed by atoms with Crippen molar-refractivity contribution in [2.45, 2.75) is 32.0 Å². The summed E-state index contributed by atoms with van der Waals surface area (Å²) in [6.07, 6.45) is 5.43. The first kappa shape index (κ1) is 17.8. The lowest BCUT2D eigenvalue weighted by Crippen LogP contribution is -2.13. The summed E-state index contributed by atoms with van der Waals surface area (Å²) < 4.78 is 9.44. The minimum absolute atomic E-state index is 0.0157. The third kappa shape index (κ3) is 3.61. The zero-order chi connectivity index (χ0) is 18.6. The third-order valence-corrected chi connectivity index (χ3v) is 5.03. The van der Waals surface area contributed by atoms with E-state index in [0.29, 0.717) is 6.42 Å². The first-order valence-corrected chi connectivity index (χ1v) is 9.35. The first-order valence-electron chi connectivity index (χ1n) is 9.35. The number of hydrogen-bond acceptors (Lipinski definition) is 5. The standard InChI is InChI=1S/C20H25N5O2/c1-27-17-5-3-15(4-6-17)19(7-12-26)24-11-9-22-20(24)18-13-16-14-21-8-2-10-25(16)23-18/h3-6,9,11,13,19,21,26H,2,7-8,10,12,14H2,1H3/t19-/m1/s1. The number of aliphatic hydroxyl groups is 1. The maximum absolute atomic E-state index is 9.64. The van der Waals surface area contributed by atoms with Crippen molar-refractivity contribution in [3.05, 3.63) is 54.0 Å². The van der Waals surface area contributed by atoms with E-state index in [2.05, 4.69) is 25.6 Å². The summed E-state index contributed by atoms with van der Waals surface area (Å²) in [6.45, 7) is 2.86. The van der Waals surface area contributed by atoms with Crippen LogP contribution in [0.5, 0.6) is 5.75 Å². The summed E-state index contributed by atoms with van der Waals surface area (Å²) in [5.74, 6) is 1.64. The van der Waals surface area contributed by atoms with Crippen LogP contribution in [0.4, 0.5) is 0 Å². The van der Waals surface area contributed by atoms with E-state index in [1.807, 2.05) is 30.5 Å². The van der Waals surface area contributed by atoms with Crippen LogP contribution >= 0.6 is 0 Å². The molecular formula is C20H25N5O2. The van der Waals surface area contributed by atoms with Crippen molar-refractivity contribution < 1.29 is 9.84 Å². The number of hydrogen-bond donors (Lipinski definition) is 2. The maximum Gasteiger partial charge on any atom is 0.161 e. The molecular weight excluding hydrogens is 342 g/mol. The van der Waals surface area contributed by atoms with Crippen molar-refractivity contribution in [3.63, 3.8) is 0 Å². The van der Waals surface area contributed by atoms with Gasteiger partial charge in [0.15, 0.2) is 5.82 Å². The Kier molecular flexibility index (Phi) is 5.22. The molecule has 1 atom stereocenters. The van der Waals surface area contributed by atoms with Gasteiger partial charge in [0.25, 0.3) is 0 Å². The minimum atomic E-state index is -0.0157. The summed E-state index contributed by atoms with van der Waals surface area (Å²) in [6, 6.07) is 10.1. The van der Waals surface area contributed by atoms with Gasteiger partial charge in [-0.1, -0.05) is 12.1 Å². The highest BCUT2D eigenvalue weighted by molar-refractivity contribution is 5.51. The van der Waals surface area contributed by atoms with E-state index in [0.717, 1.165) is 48.9 Å². The molecule has 4 rings (SSSR count). The van der Waals surface area contributed by atoms with Gasteiger partial charge in [-0.25, -0.2) is 4.98 Å². The van der Waals surface area contributed by atoms with E-state index in [1.54, 1.807) is 13.3 Å². The third-order valence-electron chi connectivity index (χ3n) is 5.03. The number of aryl methyl sites for hydroxylation is 1. The van der Waals surface area contributed by atoms with Crippen LogP contribution in [0.15, 0.2) is 42.7 Å². The van der Waals surface area contributed by atoms with Gasteiger partial charge in [0.1, 0.15) is 11.4 Å². The molecule has 1 aliphatic heterocycles. The van der Waals surface area contributed by atoms with Crippen LogP contribution in [-0.4, -0.2) is 44.7 Å². The monoisotopic (exact) mass is 367 g/mol. The zero-order valence-electron chi connectivity index (χ0n) is 15.5. The summed E-state index contributed by atoms with van der Waals surface area (Å²) in [4.78, 5) is 4.58. The number of nitrogens with zero attached hydrogens (tertiary/aromatic N) is 4. The SMILES string of the molecule is COc1ccc([C@@H](CCO)n2ccnc2-c2cc3n(n2)CCCNC3)cc1. The second-order valence-corrected chi connectivity index (χ2v) is 6.73. The molecule has 0 unspecified atom stereocenters. The van der Waals surface area contributed by atoms with Gasteiger partial charge in [0, 0.05) is 32.1 Å². The van der Waals surface area contributed by atoms with Crippen LogP contribution in [0.2, 0.25) is 0 Å². The van der Waals surface area contributed by atoms with Crippen LogP contribution in [-0.2, 0) is 13.1 Å². The van der Waals surface area contributed by atoms with Crippen LogP contribution in [0.25, 0.3) is 11.5 Å². The lowest BCUT2D eigenvalue weighted by Gasteiger charge is -2.20. The molecule has 0 radical (unpaired) electrons. The van der Waals surface area contributed by atoms with Gasteiger partial charge in [0.05, 0.1) is 18.8 Å². The molecule has 0 saturated carbocycles. The molecule has 0 amide bonds. The normalized spacial score (nSPS) is 15.2. The van der Waals surface area contributed by atoms with Gasteiger partial charge < -0.3 is 19.7 Å². The number of nitrogens with one attached hydrogen (secondary N) is 1. The molecule has 27 heavy (non-hydrogen) atoms. The number of aliphatic hydroxyl groups excluding tert-OH is 1. The maximum atomic E-state index is 9.64. The summed E-state index contributed by atoms with van der Waals surface area (Å²) >= 11 is 0. The number of rotatable bonds is 6. The minimum Gasteiger partial charge on any atom is -0.497 e. The lowest BCUT2D eigenvalue weighted by molar-refractivity contribution is 0.268. The smallest absolute Gasteiger partial charge is 0.161 e. The van der Waals surface area contributed by atoms with Crippen molar-refractivity contribution >= 4 is 0 Å². The predicted molar refractivity (Wildman–Crippen MR) is 103 cm³/mol. The van der Waals surface area contributed by atoms with E-state index in [9.17, 15) is 5.11 Å². The molecule has 0 fully saturated rings. The number of fused-ring (bicyclic) bond motifs is 1. The largest absolute Gasteiger partial charge is 0.497 e. The van der Waals surface area contributed by atoms with Gasteiger partial charge in [-0.05, 0) is 43.1 Å². The molecule has 1 aromatic carbocycles. The molecule has 0 bridgehead atoms. The van der Waals surface area contributed by atoms with Crippen LogP contribution in [0.3, 0.4) is 0 Å². The fourth-order valence-corrected chi connectivity index (χ4v) is 3.65. The number of imidazole rings is 1. The Morgan fingerprint density at radius 2 is 2.15 bits per heavy atom. The Bertz CT molecular complexity index is 861. The molecule has 3 aromatic rings. The van der Waals surface area contributed by atoms with Crippen molar-refractivity contribution in [1.82, 2.24) is 24.6 Å². The number of ether oxygens (including phenoxy) is 1. The second kappa shape index (κ2) is 7.94. The van der Waals surface area contributed by atoms with Crippen molar-refractivity contribution in [2.24, 2.45) is 0 Å². The first-order chi connectivity index (χ1) is 13.3. The summed E-state index contributed by atoms with van der Waals surface area (Å²) in [5.41, 5.74) is 3.15. The Morgan fingerprint density at radius 1 is 1.30 bits per heavy atom. The average Bonchev–Trinajstić information content (AvgIpc) is 3.28. The van der Waals surface area contributed by atoms with Gasteiger partial charge >= 0.3 is 0 Å². The van der Waals surface area contributed by atoms with E-state index >= 15 is 0 Å². The molecule has 1 aliphatic rings. The number of aromatic nitrogens is 4. The number of benzene rings is 1. The molecule has 0 spiro atoms. The average molecular weight is 367 g/mol. The van der Waals surface area contributed by atoms with Crippen molar-refractivity contribution in [3.8, 4) is 17.3 Å². The van der Waals surface area contributed by atoms with Gasteiger partial charge in [-0.15, -0.1) is 0 Å². The number of methoxy groups -OCH3 is 1. The Labute approximate surface area is 158 Å². The Hall–Kier alpha value is -2.64. The van der Waals surface area contributed by atoms with Crippen LogP contribution in [0.1, 0.15) is 30.1 Å². The molecule has 142 valence electrons. The molecule has 2 N–H and O–H groups in total. The zero-order valence-corrected chi connectivity index (χ0v) is 15.5. The molecule has 7 nitrogen and oxygen atoms in total. The fraction of sp³-hybridized carbons (Fsp3) is 0.400.